The molecule has 5 heteroatoms. The predicted molar refractivity (Wildman–Crippen MR) is 93.6 cm³/mol. The Kier molecular flexibility index (Phi) is 3.45. The smallest absolute Gasteiger partial charge is 0.271 e. The first kappa shape index (κ1) is 14.5. The van der Waals surface area contributed by atoms with E-state index in [-0.39, 0.29) is 22.6 Å². The summed E-state index contributed by atoms with van der Waals surface area (Å²) >= 11 is 3.51. The van der Waals surface area contributed by atoms with Crippen LogP contribution in [0.15, 0.2) is 59.1 Å². The zero-order valence-electron chi connectivity index (χ0n) is 12.3. The molecule has 2 aliphatic rings. The molecule has 0 spiro atoms. The molecule has 1 heterocycles. The van der Waals surface area contributed by atoms with Crippen LogP contribution in [0.3, 0.4) is 0 Å². The molecule has 4 rings (SSSR count). The lowest BCUT2D eigenvalue weighted by Gasteiger charge is -2.37. The predicted octanol–water partition coefficient (Wildman–Crippen LogP) is 5.18. The van der Waals surface area contributed by atoms with Gasteiger partial charge in [-0.2, -0.15) is 0 Å². The average Bonchev–Trinajstić information content (AvgIpc) is 3.04. The summed E-state index contributed by atoms with van der Waals surface area (Å²) in [5, 5.41) is 14.8. The number of hydrogen-bond donors (Lipinski definition) is 1. The number of halogens is 1. The number of nitrogens with zero attached hydrogens (tertiary/aromatic N) is 1. The van der Waals surface area contributed by atoms with E-state index in [1.165, 1.54) is 5.56 Å². The number of fused-ring (bicyclic) bond motifs is 3. The summed E-state index contributed by atoms with van der Waals surface area (Å²) < 4.78 is 0.751. The van der Waals surface area contributed by atoms with Gasteiger partial charge in [0, 0.05) is 22.5 Å². The molecular formula is C18H15BrN2O2. The first-order valence-corrected chi connectivity index (χ1v) is 8.40. The van der Waals surface area contributed by atoms with Crippen LogP contribution < -0.4 is 5.32 Å². The van der Waals surface area contributed by atoms with Crippen LogP contribution in [0.1, 0.15) is 29.5 Å². The van der Waals surface area contributed by atoms with Crippen LogP contribution >= 0.6 is 15.9 Å². The minimum atomic E-state index is -0.331. The third kappa shape index (κ3) is 2.36. The summed E-state index contributed by atoms with van der Waals surface area (Å²) in [6.45, 7) is 0. The minimum Gasteiger partial charge on any atom is -0.377 e. The SMILES string of the molecule is O=[N+]([O-])c1cc(Br)c2c(c1)[C@@H]1C=CC[C@H]1[C@H](c1ccccc1)N2. The third-order valence-electron chi connectivity index (χ3n) is 4.78. The topological polar surface area (TPSA) is 55.2 Å². The van der Waals surface area contributed by atoms with Crippen molar-refractivity contribution in [2.75, 3.05) is 5.32 Å². The van der Waals surface area contributed by atoms with E-state index in [1.807, 2.05) is 6.07 Å². The Morgan fingerprint density at radius 2 is 2.00 bits per heavy atom. The molecule has 0 unspecified atom stereocenters. The Morgan fingerprint density at radius 1 is 1.22 bits per heavy atom. The lowest BCUT2D eigenvalue weighted by atomic mass is 9.77. The maximum Gasteiger partial charge on any atom is 0.271 e. The largest absolute Gasteiger partial charge is 0.377 e. The van der Waals surface area contributed by atoms with Crippen molar-refractivity contribution in [2.24, 2.45) is 5.92 Å². The van der Waals surface area contributed by atoms with Gasteiger partial charge in [0.25, 0.3) is 5.69 Å². The number of nitro benzene ring substituents is 1. The van der Waals surface area contributed by atoms with E-state index in [2.05, 4.69) is 57.7 Å². The summed E-state index contributed by atoms with van der Waals surface area (Å²) in [5.41, 5.74) is 3.37. The van der Waals surface area contributed by atoms with Crippen LogP contribution in [0.25, 0.3) is 0 Å². The van der Waals surface area contributed by atoms with Gasteiger partial charge in [0.15, 0.2) is 0 Å². The Balaban J connectivity index is 1.84. The normalized spacial score (nSPS) is 24.7. The number of rotatable bonds is 2. The van der Waals surface area contributed by atoms with E-state index < -0.39 is 0 Å². The molecule has 0 saturated heterocycles. The Hall–Kier alpha value is -2.14. The number of benzene rings is 2. The molecule has 2 aromatic carbocycles. The molecular weight excluding hydrogens is 356 g/mol. The molecule has 0 saturated carbocycles. The maximum atomic E-state index is 11.2. The average molecular weight is 371 g/mol. The van der Waals surface area contributed by atoms with Crippen LogP contribution in [0.5, 0.6) is 0 Å². The summed E-state index contributed by atoms with van der Waals surface area (Å²) in [7, 11) is 0. The quantitative estimate of drug-likeness (QED) is 0.449. The van der Waals surface area contributed by atoms with Crippen molar-refractivity contribution in [3.8, 4) is 0 Å². The molecule has 1 aliphatic carbocycles. The molecule has 1 N–H and O–H groups in total. The van der Waals surface area contributed by atoms with Gasteiger partial charge in [0.2, 0.25) is 0 Å². The second-order valence-electron chi connectivity index (χ2n) is 6.04. The van der Waals surface area contributed by atoms with Crippen LogP contribution in [0.4, 0.5) is 11.4 Å². The van der Waals surface area contributed by atoms with Crippen molar-refractivity contribution < 1.29 is 4.92 Å². The van der Waals surface area contributed by atoms with Gasteiger partial charge in [0.05, 0.1) is 16.7 Å². The van der Waals surface area contributed by atoms with E-state index in [4.69, 9.17) is 0 Å². The first-order chi connectivity index (χ1) is 11.1. The molecule has 0 fully saturated rings. The monoisotopic (exact) mass is 370 g/mol. The van der Waals surface area contributed by atoms with E-state index >= 15 is 0 Å². The van der Waals surface area contributed by atoms with Crippen molar-refractivity contribution in [2.45, 2.75) is 18.4 Å². The Morgan fingerprint density at radius 3 is 2.74 bits per heavy atom. The fourth-order valence-electron chi connectivity index (χ4n) is 3.74. The lowest BCUT2D eigenvalue weighted by molar-refractivity contribution is -0.385. The molecule has 1 aliphatic heterocycles. The molecule has 3 atom stereocenters. The molecule has 116 valence electrons. The van der Waals surface area contributed by atoms with E-state index in [9.17, 15) is 10.1 Å². The number of anilines is 1. The number of hydrogen-bond acceptors (Lipinski definition) is 3. The van der Waals surface area contributed by atoms with Gasteiger partial charge in [-0.3, -0.25) is 10.1 Å². The number of nitrogens with one attached hydrogen (secondary N) is 1. The van der Waals surface area contributed by atoms with Crippen LogP contribution in [-0.2, 0) is 0 Å². The van der Waals surface area contributed by atoms with E-state index in [0.29, 0.717) is 5.92 Å². The number of allylic oxidation sites excluding steroid dienone is 2. The molecule has 4 nitrogen and oxygen atoms in total. The lowest BCUT2D eigenvalue weighted by Crippen LogP contribution is -2.29. The van der Waals surface area contributed by atoms with Crippen LogP contribution in [-0.4, -0.2) is 4.92 Å². The zero-order valence-corrected chi connectivity index (χ0v) is 13.9. The molecule has 0 aromatic heterocycles. The molecule has 0 bridgehead atoms. The van der Waals surface area contributed by atoms with E-state index in [1.54, 1.807) is 12.1 Å². The molecule has 0 amide bonds. The second kappa shape index (κ2) is 5.49. The highest BCUT2D eigenvalue weighted by molar-refractivity contribution is 9.10. The van der Waals surface area contributed by atoms with Gasteiger partial charge >= 0.3 is 0 Å². The fourth-order valence-corrected chi connectivity index (χ4v) is 4.31. The van der Waals surface area contributed by atoms with Crippen molar-refractivity contribution in [3.63, 3.8) is 0 Å². The van der Waals surface area contributed by atoms with Crippen molar-refractivity contribution in [3.05, 3.63) is 80.3 Å². The third-order valence-corrected chi connectivity index (χ3v) is 5.40. The van der Waals surface area contributed by atoms with Gasteiger partial charge in [-0.05, 0) is 39.4 Å². The zero-order chi connectivity index (χ0) is 16.0. The van der Waals surface area contributed by atoms with Crippen LogP contribution in [0.2, 0.25) is 0 Å². The number of nitro groups is 1. The van der Waals surface area contributed by atoms with Gasteiger partial charge in [-0.1, -0.05) is 42.5 Å². The highest BCUT2D eigenvalue weighted by atomic mass is 79.9. The number of non-ortho nitro benzene ring substituents is 1. The first-order valence-electron chi connectivity index (χ1n) is 7.61. The highest BCUT2D eigenvalue weighted by Gasteiger charge is 2.39. The Bertz CT molecular complexity index is 804. The molecule has 2 aromatic rings. The van der Waals surface area contributed by atoms with Crippen molar-refractivity contribution in [1.82, 2.24) is 0 Å². The minimum absolute atomic E-state index is 0.134. The highest BCUT2D eigenvalue weighted by Crippen LogP contribution is 2.52. The fraction of sp³-hybridized carbons (Fsp3) is 0.222. The summed E-state index contributed by atoms with van der Waals surface area (Å²) in [5.74, 6) is 0.603. The van der Waals surface area contributed by atoms with Crippen molar-refractivity contribution in [1.29, 1.82) is 0 Å². The van der Waals surface area contributed by atoms with Crippen LogP contribution in [0, 0.1) is 16.0 Å². The summed E-state index contributed by atoms with van der Waals surface area (Å²) in [4.78, 5) is 10.8. The van der Waals surface area contributed by atoms with Gasteiger partial charge in [0.1, 0.15) is 0 Å². The second-order valence-corrected chi connectivity index (χ2v) is 6.89. The van der Waals surface area contributed by atoms with Gasteiger partial charge in [-0.25, -0.2) is 0 Å². The van der Waals surface area contributed by atoms with Crippen molar-refractivity contribution >= 4 is 27.3 Å². The molecule has 0 radical (unpaired) electrons. The molecule has 23 heavy (non-hydrogen) atoms. The Labute approximate surface area is 142 Å². The summed E-state index contributed by atoms with van der Waals surface area (Å²) in [6, 6.07) is 13.9. The standard InChI is InChI=1S/C18H15BrN2O2/c19-16-10-12(21(22)23)9-15-13-7-4-8-14(13)17(20-18(15)16)11-5-2-1-3-6-11/h1-7,9-10,13-14,17,20H,8H2/t13-,14-,17+/m1/s1. The van der Waals surface area contributed by atoms with E-state index in [0.717, 1.165) is 22.1 Å². The maximum absolute atomic E-state index is 11.2. The van der Waals surface area contributed by atoms with Gasteiger partial charge < -0.3 is 5.32 Å². The van der Waals surface area contributed by atoms with Gasteiger partial charge in [-0.15, -0.1) is 0 Å². The summed E-state index contributed by atoms with van der Waals surface area (Å²) in [6.07, 6.45) is 5.36.